The summed E-state index contributed by atoms with van der Waals surface area (Å²) in [5.41, 5.74) is 0.858. The Balaban J connectivity index is 1.97. The Morgan fingerprint density at radius 3 is 2.46 bits per heavy atom. The van der Waals surface area contributed by atoms with Gasteiger partial charge in [-0.2, -0.15) is 0 Å². The standard InChI is InChI=1S/C22H22FN5O7S2/c1-27(32)18(24)10-19(29)26-17-8-7-15(9-16(17)23)37(33,34)28(21-20(22(30)31)25-12-36-21)11-13-3-5-14(35-2)6-4-13/h3-9,12,24,32H,10-11H2,1-2H3,(H,26,29)(H,30,31). The zero-order valence-electron chi connectivity index (χ0n) is 19.5. The Labute approximate surface area is 215 Å². The fourth-order valence-corrected chi connectivity index (χ4v) is 5.56. The number of aromatic nitrogens is 1. The molecule has 0 spiro atoms. The number of carboxylic acids is 1. The summed E-state index contributed by atoms with van der Waals surface area (Å²) in [7, 11) is -1.89. The van der Waals surface area contributed by atoms with Crippen LogP contribution in [0.25, 0.3) is 0 Å². The third kappa shape index (κ3) is 6.38. The van der Waals surface area contributed by atoms with Crippen molar-refractivity contribution in [2.45, 2.75) is 17.9 Å². The molecule has 0 unspecified atom stereocenters. The number of sulfonamides is 1. The molecule has 0 radical (unpaired) electrons. The van der Waals surface area contributed by atoms with E-state index >= 15 is 0 Å². The Morgan fingerprint density at radius 1 is 1.22 bits per heavy atom. The molecule has 1 heterocycles. The number of benzene rings is 2. The molecule has 15 heteroatoms. The van der Waals surface area contributed by atoms with E-state index in [4.69, 9.17) is 15.4 Å². The largest absolute Gasteiger partial charge is 0.497 e. The Morgan fingerprint density at radius 2 is 1.89 bits per heavy atom. The van der Waals surface area contributed by atoms with E-state index in [1.807, 2.05) is 0 Å². The molecule has 4 N–H and O–H groups in total. The van der Waals surface area contributed by atoms with Crippen molar-refractivity contribution in [2.24, 2.45) is 0 Å². The molecule has 37 heavy (non-hydrogen) atoms. The molecule has 0 fully saturated rings. The quantitative estimate of drug-likeness (QED) is 0.168. The van der Waals surface area contributed by atoms with Crippen molar-refractivity contribution in [2.75, 3.05) is 23.8 Å². The van der Waals surface area contributed by atoms with Crippen LogP contribution in [-0.4, -0.2) is 60.6 Å². The van der Waals surface area contributed by atoms with E-state index in [-0.39, 0.29) is 17.2 Å². The number of carbonyl (C=O) groups excluding carboxylic acids is 1. The molecule has 1 amide bonds. The second-order valence-corrected chi connectivity index (χ2v) is 10.2. The molecule has 0 aliphatic carbocycles. The zero-order chi connectivity index (χ0) is 27.3. The van der Waals surface area contributed by atoms with Crippen LogP contribution in [0.15, 0.2) is 52.9 Å². The first-order valence-corrected chi connectivity index (χ1v) is 12.7. The van der Waals surface area contributed by atoms with Gasteiger partial charge in [0, 0.05) is 7.05 Å². The van der Waals surface area contributed by atoms with Crippen LogP contribution in [0.5, 0.6) is 5.75 Å². The van der Waals surface area contributed by atoms with Crippen molar-refractivity contribution < 1.29 is 37.4 Å². The number of hydrogen-bond acceptors (Lipinski definition) is 9. The molecule has 0 aliphatic heterocycles. The predicted molar refractivity (Wildman–Crippen MR) is 132 cm³/mol. The van der Waals surface area contributed by atoms with Crippen LogP contribution >= 0.6 is 11.3 Å². The molecule has 0 saturated heterocycles. The lowest BCUT2D eigenvalue weighted by Crippen LogP contribution is -2.31. The second-order valence-electron chi connectivity index (χ2n) is 7.51. The van der Waals surface area contributed by atoms with Crippen molar-refractivity contribution in [3.8, 4) is 5.75 Å². The van der Waals surface area contributed by atoms with Crippen LogP contribution in [0, 0.1) is 11.2 Å². The Bertz CT molecular complexity index is 1430. The van der Waals surface area contributed by atoms with E-state index in [2.05, 4.69) is 10.3 Å². The number of hydroxylamine groups is 2. The van der Waals surface area contributed by atoms with Crippen molar-refractivity contribution in [3.05, 3.63) is 65.0 Å². The molecule has 0 saturated carbocycles. The molecule has 0 aliphatic rings. The molecule has 196 valence electrons. The second kappa shape index (κ2) is 11.3. The SMILES string of the molecule is COc1ccc(CN(c2scnc2C(=O)O)S(=O)(=O)c2ccc(NC(=O)CC(=N)N(C)O)c(F)c2)cc1. The van der Waals surface area contributed by atoms with Gasteiger partial charge in [0.2, 0.25) is 5.91 Å². The van der Waals surface area contributed by atoms with E-state index in [1.54, 1.807) is 24.3 Å². The van der Waals surface area contributed by atoms with E-state index in [1.165, 1.54) is 12.6 Å². The maximum atomic E-state index is 14.8. The number of ether oxygens (including phenoxy) is 1. The van der Waals surface area contributed by atoms with Crippen LogP contribution in [-0.2, 0) is 21.4 Å². The summed E-state index contributed by atoms with van der Waals surface area (Å²) in [6.07, 6.45) is -0.550. The Hall–Kier alpha value is -4.08. The molecular weight excluding hydrogens is 529 g/mol. The van der Waals surface area contributed by atoms with Crippen LogP contribution in [0.4, 0.5) is 15.1 Å². The van der Waals surface area contributed by atoms with Gasteiger partial charge in [-0.3, -0.25) is 19.7 Å². The number of rotatable bonds is 10. The minimum atomic E-state index is -4.51. The number of nitrogens with one attached hydrogen (secondary N) is 2. The van der Waals surface area contributed by atoms with Gasteiger partial charge in [-0.15, -0.1) is 11.3 Å². The summed E-state index contributed by atoms with van der Waals surface area (Å²) < 4.78 is 48.0. The average Bonchev–Trinajstić information content (AvgIpc) is 3.33. The highest BCUT2D eigenvalue weighted by atomic mass is 32.2. The number of hydrogen-bond donors (Lipinski definition) is 4. The van der Waals surface area contributed by atoms with E-state index in [9.17, 15) is 27.5 Å². The smallest absolute Gasteiger partial charge is 0.357 e. The van der Waals surface area contributed by atoms with Crippen molar-refractivity contribution >= 4 is 49.8 Å². The minimum Gasteiger partial charge on any atom is -0.497 e. The molecule has 0 atom stereocenters. The van der Waals surface area contributed by atoms with Crippen LogP contribution < -0.4 is 14.4 Å². The molecule has 1 aromatic heterocycles. The molecular formula is C22H22FN5O7S2. The van der Waals surface area contributed by atoms with Gasteiger partial charge in [-0.25, -0.2) is 27.6 Å². The van der Waals surface area contributed by atoms with Crippen molar-refractivity contribution in [3.63, 3.8) is 0 Å². The number of aromatic carboxylic acids is 1. The normalized spacial score (nSPS) is 11.0. The van der Waals surface area contributed by atoms with Gasteiger partial charge >= 0.3 is 5.97 Å². The fraction of sp³-hybridized carbons (Fsp3) is 0.182. The molecule has 2 aromatic carbocycles. The fourth-order valence-electron chi connectivity index (χ4n) is 3.07. The first kappa shape index (κ1) is 27.5. The number of carbonyl (C=O) groups is 2. The topological polar surface area (TPSA) is 173 Å². The lowest BCUT2D eigenvalue weighted by Gasteiger charge is -2.24. The molecule has 0 bridgehead atoms. The van der Waals surface area contributed by atoms with Gasteiger partial charge in [0.25, 0.3) is 10.0 Å². The number of anilines is 2. The predicted octanol–water partition coefficient (Wildman–Crippen LogP) is 3.01. The summed E-state index contributed by atoms with van der Waals surface area (Å²) in [5.74, 6) is -3.23. The highest BCUT2D eigenvalue weighted by Crippen LogP contribution is 2.33. The average molecular weight is 552 g/mol. The highest BCUT2D eigenvalue weighted by molar-refractivity contribution is 7.93. The summed E-state index contributed by atoms with van der Waals surface area (Å²) in [5, 5.41) is 28.6. The molecule has 3 rings (SSSR count). The van der Waals surface area contributed by atoms with E-state index in [0.717, 1.165) is 34.8 Å². The number of amides is 1. The number of thiazole rings is 1. The number of amidine groups is 1. The van der Waals surface area contributed by atoms with Gasteiger partial charge in [-0.1, -0.05) is 12.1 Å². The first-order chi connectivity index (χ1) is 17.4. The van der Waals surface area contributed by atoms with Gasteiger partial charge in [-0.05, 0) is 35.9 Å². The monoisotopic (exact) mass is 551 g/mol. The third-order valence-electron chi connectivity index (χ3n) is 4.98. The number of methoxy groups -OCH3 is 1. The number of nitrogens with zero attached hydrogens (tertiary/aromatic N) is 3. The summed E-state index contributed by atoms with van der Waals surface area (Å²) in [6, 6.07) is 9.19. The summed E-state index contributed by atoms with van der Waals surface area (Å²) in [4.78, 5) is 27.0. The zero-order valence-corrected chi connectivity index (χ0v) is 21.1. The van der Waals surface area contributed by atoms with Gasteiger partial charge in [0.15, 0.2) is 5.69 Å². The summed E-state index contributed by atoms with van der Waals surface area (Å²) >= 11 is 0.793. The molecule has 12 nitrogen and oxygen atoms in total. The van der Waals surface area contributed by atoms with Crippen LogP contribution in [0.2, 0.25) is 0 Å². The van der Waals surface area contributed by atoms with Crippen LogP contribution in [0.3, 0.4) is 0 Å². The van der Waals surface area contributed by atoms with Crippen molar-refractivity contribution in [1.82, 2.24) is 10.0 Å². The van der Waals surface area contributed by atoms with Gasteiger partial charge < -0.3 is 15.2 Å². The van der Waals surface area contributed by atoms with E-state index < -0.39 is 50.6 Å². The van der Waals surface area contributed by atoms with E-state index in [0.29, 0.717) is 22.4 Å². The van der Waals surface area contributed by atoms with Crippen LogP contribution in [0.1, 0.15) is 22.5 Å². The minimum absolute atomic E-state index is 0.173. The lowest BCUT2D eigenvalue weighted by atomic mass is 10.2. The highest BCUT2D eigenvalue weighted by Gasteiger charge is 2.31. The van der Waals surface area contributed by atoms with Crippen molar-refractivity contribution in [1.29, 1.82) is 5.41 Å². The third-order valence-corrected chi connectivity index (χ3v) is 7.69. The van der Waals surface area contributed by atoms with Gasteiger partial charge in [0.1, 0.15) is 22.4 Å². The Kier molecular flexibility index (Phi) is 8.42. The lowest BCUT2D eigenvalue weighted by molar-refractivity contribution is -0.115. The number of carboxylic acid groups (broad SMARTS) is 1. The summed E-state index contributed by atoms with van der Waals surface area (Å²) in [6.45, 7) is -0.286. The maximum absolute atomic E-state index is 14.8. The van der Waals surface area contributed by atoms with Gasteiger partial charge in [0.05, 0.1) is 36.2 Å². The maximum Gasteiger partial charge on any atom is 0.357 e. The number of halogens is 1. The molecule has 3 aromatic rings. The first-order valence-electron chi connectivity index (χ1n) is 10.4.